The molecule has 2 N–H and O–H groups in total. The third kappa shape index (κ3) is 3.48. The van der Waals surface area contributed by atoms with Crippen molar-refractivity contribution in [2.75, 3.05) is 7.11 Å². The van der Waals surface area contributed by atoms with Crippen LogP contribution in [0.5, 0.6) is 0 Å². The van der Waals surface area contributed by atoms with Gasteiger partial charge in [0.25, 0.3) is 0 Å². The van der Waals surface area contributed by atoms with E-state index < -0.39 is 30.3 Å². The highest BCUT2D eigenvalue weighted by Gasteiger charge is 2.35. The molecule has 6 heteroatoms. The highest BCUT2D eigenvalue weighted by atomic mass is 16.6. The van der Waals surface area contributed by atoms with Gasteiger partial charge in [0.05, 0.1) is 18.8 Å². The zero-order valence-corrected chi connectivity index (χ0v) is 11.4. The van der Waals surface area contributed by atoms with Crippen molar-refractivity contribution in [3.05, 3.63) is 47.5 Å². The molecule has 3 atom stereocenters. The van der Waals surface area contributed by atoms with Crippen LogP contribution in [0.15, 0.2) is 42.0 Å². The summed E-state index contributed by atoms with van der Waals surface area (Å²) in [4.78, 5) is 23.4. The van der Waals surface area contributed by atoms with Gasteiger partial charge in [-0.3, -0.25) is 0 Å². The fraction of sp³-hybridized carbons (Fsp3) is 0.333. The number of hydrogen-bond acceptors (Lipinski definition) is 6. The Hall–Kier alpha value is -2.18. The number of hydrogen-bond donors (Lipinski definition) is 2. The van der Waals surface area contributed by atoms with E-state index in [2.05, 4.69) is 4.74 Å². The Balaban J connectivity index is 2.16. The molecule has 0 heterocycles. The molecule has 0 aliphatic heterocycles. The molecule has 0 bridgehead atoms. The van der Waals surface area contributed by atoms with E-state index in [9.17, 15) is 19.8 Å². The minimum Gasteiger partial charge on any atom is -0.466 e. The van der Waals surface area contributed by atoms with Gasteiger partial charge in [-0.25, -0.2) is 9.59 Å². The molecule has 1 aromatic rings. The molecule has 0 fully saturated rings. The van der Waals surface area contributed by atoms with Crippen LogP contribution < -0.4 is 0 Å². The van der Waals surface area contributed by atoms with E-state index in [0.717, 1.165) is 0 Å². The van der Waals surface area contributed by atoms with Gasteiger partial charge in [0.2, 0.25) is 0 Å². The van der Waals surface area contributed by atoms with E-state index in [0.29, 0.717) is 5.56 Å². The zero-order valence-electron chi connectivity index (χ0n) is 11.4. The molecule has 112 valence electrons. The molecule has 0 amide bonds. The molecular formula is C15H16O6. The van der Waals surface area contributed by atoms with Crippen molar-refractivity contribution in [1.29, 1.82) is 0 Å². The number of rotatable bonds is 3. The van der Waals surface area contributed by atoms with E-state index in [4.69, 9.17) is 4.74 Å². The van der Waals surface area contributed by atoms with Crippen LogP contribution in [0, 0.1) is 0 Å². The van der Waals surface area contributed by atoms with E-state index >= 15 is 0 Å². The van der Waals surface area contributed by atoms with Gasteiger partial charge < -0.3 is 19.7 Å². The van der Waals surface area contributed by atoms with Gasteiger partial charge in [-0.05, 0) is 18.2 Å². The molecule has 0 aromatic heterocycles. The SMILES string of the molecule is COC(=O)C1=C[C@@H](OC(=O)c2ccccc2)[C@@H](O)[C@H](O)C1. The second kappa shape index (κ2) is 6.51. The smallest absolute Gasteiger partial charge is 0.338 e. The molecular weight excluding hydrogens is 276 g/mol. The highest BCUT2D eigenvalue weighted by Crippen LogP contribution is 2.23. The topological polar surface area (TPSA) is 93.1 Å². The van der Waals surface area contributed by atoms with Gasteiger partial charge in [0.1, 0.15) is 12.2 Å². The quantitative estimate of drug-likeness (QED) is 0.785. The van der Waals surface area contributed by atoms with Crippen molar-refractivity contribution in [2.45, 2.75) is 24.7 Å². The predicted molar refractivity (Wildman–Crippen MR) is 72.4 cm³/mol. The lowest BCUT2D eigenvalue weighted by molar-refractivity contribution is -0.137. The monoisotopic (exact) mass is 292 g/mol. The maximum Gasteiger partial charge on any atom is 0.338 e. The number of aliphatic hydroxyl groups is 2. The minimum atomic E-state index is -1.29. The minimum absolute atomic E-state index is 0.0484. The van der Waals surface area contributed by atoms with E-state index in [-0.39, 0.29) is 12.0 Å². The summed E-state index contributed by atoms with van der Waals surface area (Å²) in [6.07, 6.45) is -2.32. The molecule has 0 saturated heterocycles. The molecule has 1 aromatic carbocycles. The fourth-order valence-electron chi connectivity index (χ4n) is 2.08. The average molecular weight is 292 g/mol. The van der Waals surface area contributed by atoms with Crippen molar-refractivity contribution >= 4 is 11.9 Å². The summed E-state index contributed by atoms with van der Waals surface area (Å²) < 4.78 is 9.72. The summed E-state index contributed by atoms with van der Waals surface area (Å²) in [6, 6.07) is 8.25. The summed E-state index contributed by atoms with van der Waals surface area (Å²) in [5.74, 6) is -1.27. The first-order valence-electron chi connectivity index (χ1n) is 6.44. The summed E-state index contributed by atoms with van der Waals surface area (Å²) >= 11 is 0. The largest absolute Gasteiger partial charge is 0.466 e. The van der Waals surface area contributed by atoms with Gasteiger partial charge in [-0.1, -0.05) is 18.2 Å². The van der Waals surface area contributed by atoms with Crippen molar-refractivity contribution in [2.24, 2.45) is 0 Å². The van der Waals surface area contributed by atoms with Crippen molar-refractivity contribution in [1.82, 2.24) is 0 Å². The number of methoxy groups -OCH3 is 1. The molecule has 2 rings (SSSR count). The Morgan fingerprint density at radius 3 is 2.43 bits per heavy atom. The van der Waals surface area contributed by atoms with E-state index in [1.165, 1.54) is 13.2 Å². The summed E-state index contributed by atoms with van der Waals surface area (Å²) in [6.45, 7) is 0. The molecule has 6 nitrogen and oxygen atoms in total. The molecule has 0 unspecified atom stereocenters. The maximum absolute atomic E-state index is 12.0. The third-order valence-electron chi connectivity index (χ3n) is 3.23. The predicted octanol–water partition coefficient (Wildman–Crippen LogP) is 0.437. The number of esters is 2. The molecule has 0 saturated carbocycles. The molecule has 0 radical (unpaired) electrons. The van der Waals surface area contributed by atoms with Gasteiger partial charge in [0, 0.05) is 12.0 Å². The van der Waals surface area contributed by atoms with Gasteiger partial charge in [-0.15, -0.1) is 0 Å². The Morgan fingerprint density at radius 1 is 1.14 bits per heavy atom. The number of benzene rings is 1. The van der Waals surface area contributed by atoms with E-state index in [1.807, 2.05) is 0 Å². The number of carbonyl (C=O) groups is 2. The highest BCUT2D eigenvalue weighted by molar-refractivity contribution is 5.90. The standard InChI is InChI=1S/C15H16O6/c1-20-14(18)10-7-11(16)13(17)12(8-10)21-15(19)9-5-3-2-4-6-9/h2-6,8,11-13,16-17H,7H2,1H3/t11-,12-,13+/m1/s1. The van der Waals surface area contributed by atoms with E-state index in [1.54, 1.807) is 30.3 Å². The van der Waals surface area contributed by atoms with Crippen LogP contribution in [0.1, 0.15) is 16.8 Å². The Kier molecular flexibility index (Phi) is 4.72. The van der Waals surface area contributed by atoms with Gasteiger partial charge in [-0.2, -0.15) is 0 Å². The molecule has 0 spiro atoms. The first-order valence-corrected chi connectivity index (χ1v) is 6.44. The zero-order chi connectivity index (χ0) is 15.4. The van der Waals surface area contributed by atoms with Crippen LogP contribution in [0.2, 0.25) is 0 Å². The van der Waals surface area contributed by atoms with Crippen LogP contribution in [0.25, 0.3) is 0 Å². The number of carbonyl (C=O) groups excluding carboxylic acids is 2. The Bertz CT molecular complexity index is 551. The lowest BCUT2D eigenvalue weighted by atomic mass is 9.92. The van der Waals surface area contributed by atoms with Crippen LogP contribution >= 0.6 is 0 Å². The number of aliphatic hydroxyl groups excluding tert-OH is 2. The lowest BCUT2D eigenvalue weighted by Crippen LogP contribution is -2.43. The lowest BCUT2D eigenvalue weighted by Gasteiger charge is -2.29. The Labute approximate surface area is 121 Å². The van der Waals surface area contributed by atoms with Crippen LogP contribution in [-0.2, 0) is 14.3 Å². The van der Waals surface area contributed by atoms with Crippen LogP contribution in [-0.4, -0.2) is 47.6 Å². The van der Waals surface area contributed by atoms with Crippen molar-refractivity contribution in [3.63, 3.8) is 0 Å². The maximum atomic E-state index is 12.0. The second-order valence-corrected chi connectivity index (χ2v) is 4.68. The van der Waals surface area contributed by atoms with Crippen molar-refractivity contribution in [3.8, 4) is 0 Å². The molecule has 21 heavy (non-hydrogen) atoms. The van der Waals surface area contributed by atoms with Gasteiger partial charge >= 0.3 is 11.9 Å². The summed E-state index contributed by atoms with van der Waals surface area (Å²) in [7, 11) is 1.21. The summed E-state index contributed by atoms with van der Waals surface area (Å²) in [5, 5.41) is 19.6. The summed E-state index contributed by atoms with van der Waals surface area (Å²) in [5.41, 5.74) is 0.485. The average Bonchev–Trinajstić information content (AvgIpc) is 2.51. The first kappa shape index (κ1) is 15.2. The Morgan fingerprint density at radius 2 is 1.81 bits per heavy atom. The second-order valence-electron chi connectivity index (χ2n) is 4.68. The van der Waals surface area contributed by atoms with Crippen molar-refractivity contribution < 1.29 is 29.3 Å². The number of ether oxygens (including phenoxy) is 2. The molecule has 1 aliphatic rings. The normalized spacial score (nSPS) is 24.9. The van der Waals surface area contributed by atoms with Gasteiger partial charge in [0.15, 0.2) is 0 Å². The van der Waals surface area contributed by atoms with Crippen LogP contribution in [0.3, 0.4) is 0 Å². The fourth-order valence-corrected chi connectivity index (χ4v) is 2.08. The molecule has 1 aliphatic carbocycles. The van der Waals surface area contributed by atoms with Crippen LogP contribution in [0.4, 0.5) is 0 Å². The first-order chi connectivity index (χ1) is 10.0. The third-order valence-corrected chi connectivity index (χ3v) is 3.23.